The van der Waals surface area contributed by atoms with Crippen LogP contribution in [-0.2, 0) is 0 Å². The van der Waals surface area contributed by atoms with E-state index in [0.29, 0.717) is 0 Å². The summed E-state index contributed by atoms with van der Waals surface area (Å²) in [6.07, 6.45) is 17.1. The Bertz CT molecular complexity index is 220. The summed E-state index contributed by atoms with van der Waals surface area (Å²) in [5.41, 5.74) is 0. The molecule has 0 aliphatic carbocycles. The molecule has 134 valence electrons. The Hall–Kier alpha value is 0. The number of hydrogen-bond acceptors (Lipinski definition) is 0. The van der Waals surface area contributed by atoms with Crippen molar-refractivity contribution in [2.75, 3.05) is 0 Å². The first-order chi connectivity index (χ1) is 10.6. The quantitative estimate of drug-likeness (QED) is 0.285. The Kier molecular flexibility index (Phi) is 14.6. The molecule has 0 radical (unpaired) electrons. The minimum Gasteiger partial charge on any atom is -0.0654 e. The Morgan fingerprint density at radius 1 is 0.591 bits per heavy atom. The molecule has 0 fully saturated rings. The van der Waals surface area contributed by atoms with Gasteiger partial charge in [0.1, 0.15) is 0 Å². The molecular formula is C22H46. The van der Waals surface area contributed by atoms with Crippen LogP contribution in [0, 0.1) is 23.7 Å². The SMILES string of the molecule is CCCC(C)CCCC(CC(CC)CCC)C(CC)CCC. The van der Waals surface area contributed by atoms with Crippen LogP contribution in [0.4, 0.5) is 0 Å². The molecule has 0 spiro atoms. The first-order valence-corrected chi connectivity index (χ1v) is 10.6. The topological polar surface area (TPSA) is 0 Å². The zero-order valence-electron chi connectivity index (χ0n) is 16.8. The van der Waals surface area contributed by atoms with Gasteiger partial charge in [-0.2, -0.15) is 0 Å². The van der Waals surface area contributed by atoms with Gasteiger partial charge in [-0.25, -0.2) is 0 Å². The summed E-state index contributed by atoms with van der Waals surface area (Å²) in [5, 5.41) is 0. The molecule has 4 atom stereocenters. The summed E-state index contributed by atoms with van der Waals surface area (Å²) >= 11 is 0. The second-order valence-electron chi connectivity index (χ2n) is 7.84. The molecule has 0 aromatic heterocycles. The summed E-state index contributed by atoms with van der Waals surface area (Å²) in [7, 11) is 0. The van der Waals surface area contributed by atoms with E-state index in [-0.39, 0.29) is 0 Å². The monoisotopic (exact) mass is 310 g/mol. The first-order valence-electron chi connectivity index (χ1n) is 10.6. The Balaban J connectivity index is 4.49. The van der Waals surface area contributed by atoms with Crippen LogP contribution in [0.15, 0.2) is 0 Å². The minimum absolute atomic E-state index is 0.939. The fourth-order valence-corrected chi connectivity index (χ4v) is 4.38. The van der Waals surface area contributed by atoms with Crippen LogP contribution in [0.5, 0.6) is 0 Å². The molecule has 0 heteroatoms. The molecule has 0 N–H and O–H groups in total. The third-order valence-corrected chi connectivity index (χ3v) is 5.81. The normalized spacial score (nSPS) is 17.2. The van der Waals surface area contributed by atoms with Gasteiger partial charge in [0.25, 0.3) is 0 Å². The van der Waals surface area contributed by atoms with Crippen molar-refractivity contribution < 1.29 is 0 Å². The van der Waals surface area contributed by atoms with Gasteiger partial charge in [-0.15, -0.1) is 0 Å². The molecule has 0 amide bonds. The molecule has 0 aromatic carbocycles. The summed E-state index contributed by atoms with van der Waals surface area (Å²) in [6.45, 7) is 14.3. The van der Waals surface area contributed by atoms with E-state index in [0.717, 1.165) is 23.7 Å². The van der Waals surface area contributed by atoms with Crippen molar-refractivity contribution in [2.45, 2.75) is 119 Å². The lowest BCUT2D eigenvalue weighted by molar-refractivity contribution is 0.214. The number of rotatable bonds is 15. The highest BCUT2D eigenvalue weighted by molar-refractivity contribution is 4.73. The molecular weight excluding hydrogens is 264 g/mol. The van der Waals surface area contributed by atoms with Crippen molar-refractivity contribution in [3.05, 3.63) is 0 Å². The molecule has 0 nitrogen and oxygen atoms in total. The van der Waals surface area contributed by atoms with E-state index in [1.807, 2.05) is 0 Å². The third-order valence-electron chi connectivity index (χ3n) is 5.81. The summed E-state index contributed by atoms with van der Waals surface area (Å²) in [4.78, 5) is 0. The lowest BCUT2D eigenvalue weighted by atomic mass is 9.76. The highest BCUT2D eigenvalue weighted by Gasteiger charge is 2.22. The summed E-state index contributed by atoms with van der Waals surface area (Å²) < 4.78 is 0. The molecule has 22 heavy (non-hydrogen) atoms. The van der Waals surface area contributed by atoms with Gasteiger partial charge in [-0.05, 0) is 30.1 Å². The van der Waals surface area contributed by atoms with Gasteiger partial charge in [-0.3, -0.25) is 0 Å². The Labute approximate surface area is 142 Å². The lowest BCUT2D eigenvalue weighted by Gasteiger charge is -2.30. The van der Waals surface area contributed by atoms with Crippen LogP contribution in [0.1, 0.15) is 119 Å². The van der Waals surface area contributed by atoms with Gasteiger partial charge in [0.05, 0.1) is 0 Å². The van der Waals surface area contributed by atoms with Gasteiger partial charge in [-0.1, -0.05) is 112 Å². The van der Waals surface area contributed by atoms with E-state index in [1.54, 1.807) is 0 Å². The van der Waals surface area contributed by atoms with E-state index in [2.05, 4.69) is 41.5 Å². The summed E-state index contributed by atoms with van der Waals surface area (Å²) in [5.74, 6) is 3.90. The fourth-order valence-electron chi connectivity index (χ4n) is 4.38. The van der Waals surface area contributed by atoms with Crippen LogP contribution in [0.3, 0.4) is 0 Å². The maximum atomic E-state index is 2.45. The maximum Gasteiger partial charge on any atom is -0.0383 e. The van der Waals surface area contributed by atoms with E-state index in [9.17, 15) is 0 Å². The Morgan fingerprint density at radius 2 is 1.23 bits per heavy atom. The largest absolute Gasteiger partial charge is 0.0654 e. The van der Waals surface area contributed by atoms with E-state index in [1.165, 1.54) is 77.0 Å². The van der Waals surface area contributed by atoms with Crippen molar-refractivity contribution in [1.82, 2.24) is 0 Å². The third kappa shape index (κ3) is 9.90. The van der Waals surface area contributed by atoms with Crippen molar-refractivity contribution in [3.8, 4) is 0 Å². The van der Waals surface area contributed by atoms with Crippen molar-refractivity contribution in [1.29, 1.82) is 0 Å². The van der Waals surface area contributed by atoms with E-state index >= 15 is 0 Å². The maximum absolute atomic E-state index is 2.45. The smallest absolute Gasteiger partial charge is 0.0383 e. The molecule has 0 aliphatic rings. The van der Waals surface area contributed by atoms with Gasteiger partial charge in [0, 0.05) is 0 Å². The molecule has 0 bridgehead atoms. The highest BCUT2D eigenvalue weighted by Crippen LogP contribution is 2.34. The average molecular weight is 311 g/mol. The Morgan fingerprint density at radius 3 is 1.73 bits per heavy atom. The van der Waals surface area contributed by atoms with E-state index < -0.39 is 0 Å². The highest BCUT2D eigenvalue weighted by atomic mass is 14.3. The van der Waals surface area contributed by atoms with Crippen LogP contribution >= 0.6 is 0 Å². The molecule has 0 aliphatic heterocycles. The van der Waals surface area contributed by atoms with Crippen LogP contribution in [0.2, 0.25) is 0 Å². The molecule has 0 saturated heterocycles. The van der Waals surface area contributed by atoms with Crippen LogP contribution in [0.25, 0.3) is 0 Å². The second kappa shape index (κ2) is 14.6. The van der Waals surface area contributed by atoms with Crippen LogP contribution < -0.4 is 0 Å². The number of hydrogen-bond donors (Lipinski definition) is 0. The lowest BCUT2D eigenvalue weighted by Crippen LogP contribution is -2.18. The van der Waals surface area contributed by atoms with Crippen molar-refractivity contribution in [3.63, 3.8) is 0 Å². The standard InChI is InChI=1S/C22H46/c1-7-13-19(6)16-12-17-22(21(11-5)15-9-3)18-20(10-4)14-8-2/h19-22H,7-18H2,1-6H3. The predicted molar refractivity (Wildman–Crippen MR) is 103 cm³/mol. The average Bonchev–Trinajstić information content (AvgIpc) is 2.51. The van der Waals surface area contributed by atoms with E-state index in [4.69, 9.17) is 0 Å². The first kappa shape index (κ1) is 22.0. The second-order valence-corrected chi connectivity index (χ2v) is 7.84. The molecule has 4 unspecified atom stereocenters. The molecule has 0 rings (SSSR count). The molecule has 0 heterocycles. The van der Waals surface area contributed by atoms with Crippen LogP contribution in [-0.4, -0.2) is 0 Å². The molecule has 0 aromatic rings. The van der Waals surface area contributed by atoms with Gasteiger partial charge >= 0.3 is 0 Å². The van der Waals surface area contributed by atoms with Gasteiger partial charge < -0.3 is 0 Å². The minimum atomic E-state index is 0.939. The predicted octanol–water partition coefficient (Wildman–Crippen LogP) is 8.25. The van der Waals surface area contributed by atoms with Crippen molar-refractivity contribution >= 4 is 0 Å². The summed E-state index contributed by atoms with van der Waals surface area (Å²) in [6, 6.07) is 0. The van der Waals surface area contributed by atoms with Gasteiger partial charge in [0.15, 0.2) is 0 Å². The van der Waals surface area contributed by atoms with Crippen molar-refractivity contribution in [2.24, 2.45) is 23.7 Å². The van der Waals surface area contributed by atoms with Gasteiger partial charge in [0.2, 0.25) is 0 Å². The zero-order valence-corrected chi connectivity index (χ0v) is 16.8. The molecule has 0 saturated carbocycles. The zero-order chi connectivity index (χ0) is 16.8. The fraction of sp³-hybridized carbons (Fsp3) is 1.00.